The molecule has 7 nitrogen and oxygen atoms in total. The predicted octanol–water partition coefficient (Wildman–Crippen LogP) is 4.07. The Morgan fingerprint density at radius 2 is 1.64 bits per heavy atom. The lowest BCUT2D eigenvalue weighted by Gasteiger charge is -2.31. The molecule has 1 aliphatic heterocycles. The van der Waals surface area contributed by atoms with Crippen molar-refractivity contribution in [1.29, 1.82) is 0 Å². The largest absolute Gasteiger partial charge is 0.352 e. The molecule has 1 N–H and O–H groups in total. The summed E-state index contributed by atoms with van der Waals surface area (Å²) in [5.41, 5.74) is 1.47. The fourth-order valence-electron chi connectivity index (χ4n) is 5.05. The van der Waals surface area contributed by atoms with Crippen molar-refractivity contribution in [2.45, 2.75) is 70.5 Å². The Labute approximate surface area is 210 Å². The molecule has 0 radical (unpaired) electrons. The van der Waals surface area contributed by atoms with Crippen LogP contribution in [0.5, 0.6) is 0 Å². The van der Waals surface area contributed by atoms with E-state index in [9.17, 15) is 23.6 Å². The maximum Gasteiger partial charge on any atom is 0.261 e. The van der Waals surface area contributed by atoms with Crippen molar-refractivity contribution < 1.29 is 23.6 Å². The first-order valence-corrected chi connectivity index (χ1v) is 12.7. The molecule has 0 spiro atoms. The lowest BCUT2D eigenvalue weighted by atomic mass is 10.1. The van der Waals surface area contributed by atoms with Crippen LogP contribution in [0, 0.1) is 5.82 Å². The molecular formula is C28H32FN3O4. The first kappa shape index (κ1) is 25.5. The van der Waals surface area contributed by atoms with Gasteiger partial charge in [0.15, 0.2) is 0 Å². The van der Waals surface area contributed by atoms with Gasteiger partial charge in [-0.1, -0.05) is 44.0 Å². The Morgan fingerprint density at radius 1 is 1.03 bits per heavy atom. The molecule has 0 aromatic heterocycles. The van der Waals surface area contributed by atoms with Crippen molar-refractivity contribution in [3.63, 3.8) is 0 Å². The van der Waals surface area contributed by atoms with Crippen molar-refractivity contribution >= 4 is 23.6 Å². The molecule has 1 aliphatic carbocycles. The zero-order chi connectivity index (χ0) is 25.7. The third-order valence-corrected chi connectivity index (χ3v) is 7.00. The molecule has 2 aliphatic rings. The Morgan fingerprint density at radius 3 is 2.22 bits per heavy atom. The van der Waals surface area contributed by atoms with Crippen LogP contribution in [0.15, 0.2) is 48.5 Å². The number of nitrogens with zero attached hydrogens (tertiary/aromatic N) is 2. The van der Waals surface area contributed by atoms with Gasteiger partial charge in [0, 0.05) is 25.6 Å². The number of amides is 4. The van der Waals surface area contributed by atoms with Gasteiger partial charge in [0.1, 0.15) is 11.9 Å². The third kappa shape index (κ3) is 5.64. The van der Waals surface area contributed by atoms with Crippen LogP contribution in [0.1, 0.15) is 78.1 Å². The minimum absolute atomic E-state index is 0.0712. The van der Waals surface area contributed by atoms with E-state index in [1.165, 1.54) is 17.0 Å². The molecule has 4 rings (SSSR count). The van der Waals surface area contributed by atoms with E-state index in [2.05, 4.69) is 5.32 Å². The molecule has 0 unspecified atom stereocenters. The summed E-state index contributed by atoms with van der Waals surface area (Å²) in [6, 6.07) is 12.0. The highest BCUT2D eigenvalue weighted by molar-refractivity contribution is 6.21. The molecule has 0 saturated heterocycles. The van der Waals surface area contributed by atoms with E-state index in [-0.39, 0.29) is 61.4 Å². The van der Waals surface area contributed by atoms with Crippen LogP contribution in [-0.2, 0) is 16.1 Å². The summed E-state index contributed by atoms with van der Waals surface area (Å²) in [6.45, 7) is 2.15. The molecule has 190 valence electrons. The number of halogens is 1. The van der Waals surface area contributed by atoms with E-state index in [0.29, 0.717) is 17.5 Å². The number of imide groups is 1. The third-order valence-electron chi connectivity index (χ3n) is 7.00. The van der Waals surface area contributed by atoms with E-state index in [1.54, 1.807) is 41.3 Å². The second-order valence-corrected chi connectivity index (χ2v) is 9.47. The Bertz CT molecular complexity index is 1090. The van der Waals surface area contributed by atoms with Crippen molar-refractivity contribution in [3.05, 3.63) is 71.0 Å². The minimum Gasteiger partial charge on any atom is -0.352 e. The second-order valence-electron chi connectivity index (χ2n) is 9.47. The molecule has 2 aromatic carbocycles. The Kier molecular flexibility index (Phi) is 8.13. The summed E-state index contributed by atoms with van der Waals surface area (Å²) < 4.78 is 13.4. The summed E-state index contributed by atoms with van der Waals surface area (Å²) in [5, 5.41) is 3.09. The molecule has 1 saturated carbocycles. The fourth-order valence-corrected chi connectivity index (χ4v) is 5.05. The highest BCUT2D eigenvalue weighted by Gasteiger charge is 2.35. The number of carbonyl (C=O) groups excluding carboxylic acids is 4. The molecule has 1 atom stereocenters. The van der Waals surface area contributed by atoms with Crippen LogP contribution in [0.4, 0.5) is 4.39 Å². The number of carbonyl (C=O) groups is 4. The summed E-state index contributed by atoms with van der Waals surface area (Å²) in [4.78, 5) is 54.5. The van der Waals surface area contributed by atoms with Gasteiger partial charge in [0.25, 0.3) is 11.8 Å². The number of benzene rings is 2. The molecule has 8 heteroatoms. The Hall–Kier alpha value is -3.55. The summed E-state index contributed by atoms with van der Waals surface area (Å²) in [7, 11) is 0. The van der Waals surface area contributed by atoms with Crippen molar-refractivity contribution in [2.24, 2.45) is 0 Å². The lowest BCUT2D eigenvalue weighted by Crippen LogP contribution is -2.51. The van der Waals surface area contributed by atoms with Crippen LogP contribution in [-0.4, -0.2) is 52.1 Å². The standard InChI is InChI=1S/C28H32FN3O4/c1-2-24(26(34)30-21-8-3-4-9-21)32(18-19-13-15-20(29)16-14-19)25(33)12-7-17-31-27(35)22-10-5-6-11-23(22)28(31)36/h5-6,10-11,13-16,21,24H,2-4,7-9,12,17-18H2,1H3,(H,30,34)/t24-/m1/s1. The SMILES string of the molecule is CC[C@H](C(=O)NC1CCCC1)N(Cc1ccc(F)cc1)C(=O)CCCN1C(=O)c2ccccc2C1=O. The number of rotatable bonds is 10. The Balaban J connectivity index is 1.43. The molecule has 1 fully saturated rings. The van der Waals surface area contributed by atoms with Gasteiger partial charge in [0.2, 0.25) is 11.8 Å². The average molecular weight is 494 g/mol. The quantitative estimate of drug-likeness (QED) is 0.506. The van der Waals surface area contributed by atoms with E-state index in [0.717, 1.165) is 31.2 Å². The van der Waals surface area contributed by atoms with Gasteiger partial charge in [-0.25, -0.2) is 4.39 Å². The molecule has 36 heavy (non-hydrogen) atoms. The summed E-state index contributed by atoms with van der Waals surface area (Å²) in [5.74, 6) is -1.50. The molecule has 2 aromatic rings. The monoisotopic (exact) mass is 493 g/mol. The highest BCUT2D eigenvalue weighted by atomic mass is 19.1. The topological polar surface area (TPSA) is 86.8 Å². The first-order chi connectivity index (χ1) is 17.4. The van der Waals surface area contributed by atoms with Crippen LogP contribution >= 0.6 is 0 Å². The van der Waals surface area contributed by atoms with Gasteiger partial charge in [-0.15, -0.1) is 0 Å². The summed E-state index contributed by atoms with van der Waals surface area (Å²) >= 11 is 0. The average Bonchev–Trinajstić information content (AvgIpc) is 3.47. The number of hydrogen-bond donors (Lipinski definition) is 1. The zero-order valence-corrected chi connectivity index (χ0v) is 20.5. The fraction of sp³-hybridized carbons (Fsp3) is 0.429. The maximum absolute atomic E-state index is 13.4. The maximum atomic E-state index is 13.4. The van der Waals surface area contributed by atoms with E-state index >= 15 is 0 Å². The van der Waals surface area contributed by atoms with Gasteiger partial charge in [-0.3, -0.25) is 24.1 Å². The van der Waals surface area contributed by atoms with E-state index in [4.69, 9.17) is 0 Å². The van der Waals surface area contributed by atoms with Crippen LogP contribution in [0.2, 0.25) is 0 Å². The van der Waals surface area contributed by atoms with Gasteiger partial charge < -0.3 is 10.2 Å². The van der Waals surface area contributed by atoms with Crippen LogP contribution in [0.25, 0.3) is 0 Å². The normalized spacial score (nSPS) is 16.2. The second kappa shape index (κ2) is 11.5. The molecule has 1 heterocycles. The van der Waals surface area contributed by atoms with Crippen molar-refractivity contribution in [1.82, 2.24) is 15.1 Å². The van der Waals surface area contributed by atoms with Crippen LogP contribution < -0.4 is 5.32 Å². The lowest BCUT2D eigenvalue weighted by molar-refractivity contribution is -0.141. The first-order valence-electron chi connectivity index (χ1n) is 12.7. The van der Waals surface area contributed by atoms with E-state index < -0.39 is 6.04 Å². The van der Waals surface area contributed by atoms with Gasteiger partial charge >= 0.3 is 0 Å². The van der Waals surface area contributed by atoms with Gasteiger partial charge in [-0.05, 0) is 55.5 Å². The predicted molar refractivity (Wildman–Crippen MR) is 132 cm³/mol. The van der Waals surface area contributed by atoms with Gasteiger partial charge in [-0.2, -0.15) is 0 Å². The minimum atomic E-state index is -0.664. The van der Waals surface area contributed by atoms with E-state index in [1.807, 2.05) is 6.92 Å². The molecule has 0 bridgehead atoms. The molecule has 4 amide bonds. The zero-order valence-electron chi connectivity index (χ0n) is 20.5. The van der Waals surface area contributed by atoms with Crippen LogP contribution in [0.3, 0.4) is 0 Å². The number of nitrogens with one attached hydrogen (secondary N) is 1. The highest BCUT2D eigenvalue weighted by Crippen LogP contribution is 2.23. The number of fused-ring (bicyclic) bond motifs is 1. The summed E-state index contributed by atoms with van der Waals surface area (Å²) in [6.07, 6.45) is 4.83. The van der Waals surface area contributed by atoms with Gasteiger partial charge in [0.05, 0.1) is 11.1 Å². The number of hydrogen-bond acceptors (Lipinski definition) is 4. The van der Waals surface area contributed by atoms with Crippen molar-refractivity contribution in [3.8, 4) is 0 Å². The smallest absolute Gasteiger partial charge is 0.261 e. The van der Waals surface area contributed by atoms with Crippen molar-refractivity contribution in [2.75, 3.05) is 6.54 Å². The molecular weight excluding hydrogens is 461 g/mol.